The number of benzene rings is 2. The monoisotopic (exact) mass is 506 g/mol. The highest BCUT2D eigenvalue weighted by Gasteiger charge is 2.23. The molecule has 1 amide bonds. The molecule has 0 aliphatic rings. The van der Waals surface area contributed by atoms with Crippen LogP contribution in [0.15, 0.2) is 48.5 Å². The second kappa shape index (κ2) is 12.0. The number of rotatable bonds is 10. The molecule has 0 unspecified atom stereocenters. The van der Waals surface area contributed by atoms with E-state index in [4.69, 9.17) is 25.6 Å². The minimum absolute atomic E-state index is 0.0877. The van der Waals surface area contributed by atoms with Gasteiger partial charge in [0.1, 0.15) is 18.2 Å². The Balaban J connectivity index is 1.96. The first-order valence-corrected chi connectivity index (χ1v) is 11.8. The molecule has 0 fully saturated rings. The van der Waals surface area contributed by atoms with Gasteiger partial charge in [-0.15, -0.1) is 0 Å². The minimum Gasteiger partial charge on any atom is -0.496 e. The van der Waals surface area contributed by atoms with Gasteiger partial charge in [-0.2, -0.15) is 0 Å². The number of halogens is 1. The summed E-state index contributed by atoms with van der Waals surface area (Å²) in [6.45, 7) is 1.70. The van der Waals surface area contributed by atoms with Crippen LogP contribution in [0.3, 0.4) is 0 Å². The zero-order valence-corrected chi connectivity index (χ0v) is 20.2. The molecule has 0 aliphatic carbocycles. The van der Waals surface area contributed by atoms with Crippen LogP contribution in [-0.2, 0) is 27.3 Å². The maximum Gasteiger partial charge on any atom is 0.355 e. The highest BCUT2D eigenvalue weighted by atomic mass is 35.5. The van der Waals surface area contributed by atoms with Gasteiger partial charge >= 0.3 is 14.6 Å². The third kappa shape index (κ3) is 6.14. The quantitative estimate of drug-likeness (QED) is 0.216. The second-order valence-corrected chi connectivity index (χ2v) is 8.15. The molecule has 0 atom stereocenters. The largest absolute Gasteiger partial charge is 0.496 e. The molecule has 0 radical (unpaired) electrons. The number of ether oxygens (including phenoxy) is 2. The smallest absolute Gasteiger partial charge is 0.355 e. The average Bonchev–Trinajstić information content (AvgIpc) is 3.12. The number of para-hydroxylation sites is 1. The standard InChI is InChI=1S/C23H24ClN2O7P/c1-3-32-23(28)22-18(10-11-21(27)25-13-15-6-4-5-7-20(15)31-2)17-9-8-16(24)12-19(17)26(22)14-33-34(29)30/h4-12,29-30H,3,13-14H2,1-2H3,(H,25,27)/b11-10+. The van der Waals surface area contributed by atoms with Crippen molar-refractivity contribution in [1.29, 1.82) is 0 Å². The molecule has 1 aromatic heterocycles. The van der Waals surface area contributed by atoms with Gasteiger partial charge in [-0.1, -0.05) is 35.9 Å². The first kappa shape index (κ1) is 25.7. The second-order valence-electron chi connectivity index (χ2n) is 6.95. The van der Waals surface area contributed by atoms with E-state index in [-0.39, 0.29) is 31.5 Å². The number of hydrogen-bond donors (Lipinski definition) is 3. The minimum atomic E-state index is -2.67. The molecule has 0 aliphatic heterocycles. The Kier molecular flexibility index (Phi) is 9.04. The summed E-state index contributed by atoms with van der Waals surface area (Å²) in [5, 5.41) is 3.79. The van der Waals surface area contributed by atoms with Crippen LogP contribution < -0.4 is 10.1 Å². The molecule has 1 heterocycles. The highest BCUT2D eigenvalue weighted by molar-refractivity contribution is 7.39. The van der Waals surface area contributed by atoms with Crippen LogP contribution in [0, 0.1) is 0 Å². The number of hydrogen-bond acceptors (Lipinski definition) is 7. The third-order valence-corrected chi connectivity index (χ3v) is 5.47. The zero-order chi connectivity index (χ0) is 24.7. The number of nitrogens with one attached hydrogen (secondary N) is 1. The van der Waals surface area contributed by atoms with E-state index in [9.17, 15) is 19.4 Å². The molecule has 3 rings (SSSR count). The SMILES string of the molecule is CCOC(=O)c1c(/C=C/C(=O)NCc2ccccc2OC)c2ccc(Cl)cc2n1COP(O)O. The van der Waals surface area contributed by atoms with Crippen LogP contribution in [0.25, 0.3) is 17.0 Å². The van der Waals surface area contributed by atoms with E-state index >= 15 is 0 Å². The molecule has 0 spiro atoms. The van der Waals surface area contributed by atoms with Crippen molar-refractivity contribution in [2.45, 2.75) is 20.2 Å². The van der Waals surface area contributed by atoms with Crippen LogP contribution in [0.1, 0.15) is 28.5 Å². The Hall–Kier alpha value is -2.94. The van der Waals surface area contributed by atoms with E-state index in [1.54, 1.807) is 38.3 Å². The molecule has 3 N–H and O–H groups in total. The number of carbonyl (C=O) groups is 2. The molecule has 0 saturated carbocycles. The van der Waals surface area contributed by atoms with Gasteiger partial charge in [-0.3, -0.25) is 9.32 Å². The lowest BCUT2D eigenvalue weighted by atomic mass is 10.1. The summed E-state index contributed by atoms with van der Waals surface area (Å²) in [4.78, 5) is 43.8. The van der Waals surface area contributed by atoms with Gasteiger partial charge in [0, 0.05) is 34.2 Å². The number of aromatic nitrogens is 1. The number of esters is 1. The van der Waals surface area contributed by atoms with Gasteiger partial charge in [0.2, 0.25) is 5.91 Å². The summed E-state index contributed by atoms with van der Waals surface area (Å²) in [5.41, 5.74) is 1.81. The van der Waals surface area contributed by atoms with E-state index < -0.39 is 14.6 Å². The van der Waals surface area contributed by atoms with Gasteiger partial charge in [0.05, 0.1) is 19.2 Å². The molecule has 34 heavy (non-hydrogen) atoms. The Morgan fingerprint density at radius 1 is 1.21 bits per heavy atom. The van der Waals surface area contributed by atoms with Crippen LogP contribution in [0.2, 0.25) is 5.02 Å². The fourth-order valence-electron chi connectivity index (χ4n) is 3.43. The van der Waals surface area contributed by atoms with Gasteiger partial charge in [-0.05, 0) is 31.2 Å². The van der Waals surface area contributed by atoms with Crippen molar-refractivity contribution in [2.75, 3.05) is 13.7 Å². The Morgan fingerprint density at radius 2 is 1.97 bits per heavy atom. The molecular formula is C23H24ClN2O7P. The van der Waals surface area contributed by atoms with Crippen LogP contribution in [-0.4, -0.2) is 39.9 Å². The van der Waals surface area contributed by atoms with Crippen molar-refractivity contribution in [2.24, 2.45) is 0 Å². The van der Waals surface area contributed by atoms with Crippen LogP contribution >= 0.6 is 20.2 Å². The number of fused-ring (bicyclic) bond motifs is 1. The molecule has 2 aromatic carbocycles. The molecule has 0 bridgehead atoms. The number of nitrogens with zero attached hydrogens (tertiary/aromatic N) is 1. The zero-order valence-electron chi connectivity index (χ0n) is 18.5. The van der Waals surface area contributed by atoms with Crippen molar-refractivity contribution in [3.8, 4) is 5.75 Å². The summed E-state index contributed by atoms with van der Waals surface area (Å²) < 4.78 is 16.9. The maximum atomic E-state index is 12.8. The highest BCUT2D eigenvalue weighted by Crippen LogP contribution is 2.33. The van der Waals surface area contributed by atoms with Gasteiger partial charge in [-0.25, -0.2) is 4.79 Å². The van der Waals surface area contributed by atoms with Crippen LogP contribution in [0.4, 0.5) is 0 Å². The number of methoxy groups -OCH3 is 1. The first-order chi connectivity index (χ1) is 16.3. The lowest BCUT2D eigenvalue weighted by molar-refractivity contribution is -0.116. The van der Waals surface area contributed by atoms with Crippen molar-refractivity contribution >= 4 is 49.1 Å². The topological polar surface area (TPSA) is 119 Å². The molecule has 3 aromatic rings. The van der Waals surface area contributed by atoms with Crippen molar-refractivity contribution < 1.29 is 33.4 Å². The number of carbonyl (C=O) groups excluding carboxylic acids is 2. The van der Waals surface area contributed by atoms with Gasteiger partial charge in [0.15, 0.2) is 0 Å². The number of amides is 1. The van der Waals surface area contributed by atoms with E-state index in [0.717, 1.165) is 5.56 Å². The molecule has 180 valence electrons. The average molecular weight is 507 g/mol. The lowest BCUT2D eigenvalue weighted by Crippen LogP contribution is -2.20. The normalized spacial score (nSPS) is 11.4. The summed E-state index contributed by atoms with van der Waals surface area (Å²) in [6.07, 6.45) is 2.80. The fraction of sp³-hybridized carbons (Fsp3) is 0.217. The molecule has 11 heteroatoms. The summed E-state index contributed by atoms with van der Waals surface area (Å²) in [6, 6.07) is 12.3. The predicted octanol–water partition coefficient (Wildman–Crippen LogP) is 4.00. The van der Waals surface area contributed by atoms with Gasteiger partial charge in [0.25, 0.3) is 0 Å². The van der Waals surface area contributed by atoms with Crippen LogP contribution in [0.5, 0.6) is 5.75 Å². The summed E-state index contributed by atoms with van der Waals surface area (Å²) in [7, 11) is -1.11. The first-order valence-electron chi connectivity index (χ1n) is 10.2. The third-order valence-electron chi connectivity index (χ3n) is 4.88. The Bertz CT molecular complexity index is 1210. The summed E-state index contributed by atoms with van der Waals surface area (Å²) >= 11 is 6.15. The molecule has 9 nitrogen and oxygen atoms in total. The van der Waals surface area contributed by atoms with E-state index in [1.165, 1.54) is 16.7 Å². The lowest BCUT2D eigenvalue weighted by Gasteiger charge is -2.11. The van der Waals surface area contributed by atoms with Gasteiger partial charge < -0.3 is 29.1 Å². The van der Waals surface area contributed by atoms with Crippen molar-refractivity contribution in [3.63, 3.8) is 0 Å². The Labute approximate surface area is 202 Å². The fourth-order valence-corrected chi connectivity index (χ4v) is 3.82. The van der Waals surface area contributed by atoms with E-state index in [1.807, 2.05) is 18.2 Å². The van der Waals surface area contributed by atoms with Crippen molar-refractivity contribution in [1.82, 2.24) is 9.88 Å². The maximum absolute atomic E-state index is 12.8. The van der Waals surface area contributed by atoms with E-state index in [2.05, 4.69) is 5.32 Å². The van der Waals surface area contributed by atoms with E-state index in [0.29, 0.717) is 27.2 Å². The molecule has 0 saturated heterocycles. The Morgan fingerprint density at radius 3 is 2.68 bits per heavy atom. The van der Waals surface area contributed by atoms with Crippen molar-refractivity contribution in [3.05, 3.63) is 70.4 Å². The molecular weight excluding hydrogens is 483 g/mol. The predicted molar refractivity (Wildman–Crippen MR) is 129 cm³/mol. The summed E-state index contributed by atoms with van der Waals surface area (Å²) in [5.74, 6) is -0.391.